The van der Waals surface area contributed by atoms with Gasteiger partial charge in [-0.15, -0.1) is 0 Å². The van der Waals surface area contributed by atoms with E-state index in [1.54, 1.807) is 57.4 Å². The number of esters is 2. The van der Waals surface area contributed by atoms with Gasteiger partial charge in [0.25, 0.3) is 0 Å². The van der Waals surface area contributed by atoms with Gasteiger partial charge < -0.3 is 23.7 Å². The van der Waals surface area contributed by atoms with Crippen molar-refractivity contribution in [2.24, 2.45) is 0 Å². The molecule has 0 aromatic heterocycles. The summed E-state index contributed by atoms with van der Waals surface area (Å²) in [5.41, 5.74) is 1.03. The molecule has 172 valence electrons. The summed E-state index contributed by atoms with van der Waals surface area (Å²) in [6, 6.07) is 11.7. The van der Waals surface area contributed by atoms with Gasteiger partial charge in [-0.3, -0.25) is 0 Å². The van der Waals surface area contributed by atoms with Crippen molar-refractivity contribution in [2.75, 3.05) is 27.4 Å². The van der Waals surface area contributed by atoms with Crippen molar-refractivity contribution >= 4 is 24.1 Å². The Morgan fingerprint density at radius 2 is 1.76 bits per heavy atom. The molecule has 0 fully saturated rings. The third kappa shape index (κ3) is 7.14. The average molecular weight is 451 g/mol. The Labute approximate surface area is 192 Å². The van der Waals surface area contributed by atoms with Crippen molar-refractivity contribution in [1.29, 1.82) is 5.26 Å². The van der Waals surface area contributed by atoms with E-state index in [9.17, 15) is 14.9 Å². The molecule has 0 bridgehead atoms. The predicted molar refractivity (Wildman–Crippen MR) is 122 cm³/mol. The van der Waals surface area contributed by atoms with E-state index < -0.39 is 11.9 Å². The highest BCUT2D eigenvalue weighted by atomic mass is 16.6. The Morgan fingerprint density at radius 1 is 0.970 bits per heavy atom. The van der Waals surface area contributed by atoms with Gasteiger partial charge in [-0.1, -0.05) is 6.07 Å². The van der Waals surface area contributed by atoms with Crippen LogP contribution in [0.5, 0.6) is 23.0 Å². The quantitative estimate of drug-likeness (QED) is 0.229. The van der Waals surface area contributed by atoms with Crippen LogP contribution in [0.3, 0.4) is 0 Å². The number of rotatable bonds is 10. The summed E-state index contributed by atoms with van der Waals surface area (Å²) >= 11 is 0. The molecule has 8 heteroatoms. The van der Waals surface area contributed by atoms with Gasteiger partial charge in [0.1, 0.15) is 23.1 Å². The van der Waals surface area contributed by atoms with E-state index >= 15 is 0 Å². The van der Waals surface area contributed by atoms with Crippen LogP contribution >= 0.6 is 0 Å². The molecule has 0 unspecified atom stereocenters. The number of ether oxygens (including phenoxy) is 5. The number of hydrogen-bond acceptors (Lipinski definition) is 8. The molecule has 0 amide bonds. The number of benzene rings is 2. The number of nitrogens with zero attached hydrogens (tertiary/aromatic N) is 1. The summed E-state index contributed by atoms with van der Waals surface area (Å²) in [4.78, 5) is 24.2. The molecule has 0 aliphatic rings. The van der Waals surface area contributed by atoms with Crippen LogP contribution in [0.1, 0.15) is 25.0 Å². The van der Waals surface area contributed by atoms with Crippen LogP contribution in [0.4, 0.5) is 0 Å². The van der Waals surface area contributed by atoms with E-state index in [1.807, 2.05) is 6.07 Å². The molecule has 0 saturated heterocycles. The molecule has 8 nitrogen and oxygen atoms in total. The number of nitriles is 1. The summed E-state index contributed by atoms with van der Waals surface area (Å²) in [6.07, 6.45) is 4.21. The highest BCUT2D eigenvalue weighted by Gasteiger charge is 2.13. The fourth-order valence-corrected chi connectivity index (χ4v) is 2.74. The van der Waals surface area contributed by atoms with Gasteiger partial charge in [-0.2, -0.15) is 5.26 Å². The third-order valence-electron chi connectivity index (χ3n) is 4.24. The highest BCUT2D eigenvalue weighted by molar-refractivity contribution is 5.98. The van der Waals surface area contributed by atoms with E-state index in [2.05, 4.69) is 0 Å². The van der Waals surface area contributed by atoms with Crippen LogP contribution in [-0.2, 0) is 14.3 Å². The lowest BCUT2D eigenvalue weighted by Crippen LogP contribution is -2.07. The van der Waals surface area contributed by atoms with Crippen molar-refractivity contribution in [3.8, 4) is 29.1 Å². The van der Waals surface area contributed by atoms with E-state index in [1.165, 1.54) is 25.3 Å². The largest absolute Gasteiger partial charge is 0.497 e. The second kappa shape index (κ2) is 12.6. The number of carbonyl (C=O) groups is 2. The molecule has 0 N–H and O–H groups in total. The third-order valence-corrected chi connectivity index (χ3v) is 4.24. The second-order valence-corrected chi connectivity index (χ2v) is 6.39. The number of carbonyl (C=O) groups excluding carboxylic acids is 2. The Kier molecular flexibility index (Phi) is 9.53. The zero-order valence-corrected chi connectivity index (χ0v) is 18.9. The van der Waals surface area contributed by atoms with Crippen LogP contribution in [0.25, 0.3) is 12.2 Å². The second-order valence-electron chi connectivity index (χ2n) is 6.39. The molecule has 2 aromatic carbocycles. The zero-order chi connectivity index (χ0) is 24.2. The Morgan fingerprint density at radius 3 is 2.39 bits per heavy atom. The van der Waals surface area contributed by atoms with Gasteiger partial charge in [-0.05, 0) is 55.8 Å². The topological polar surface area (TPSA) is 104 Å². The van der Waals surface area contributed by atoms with E-state index in [-0.39, 0.29) is 23.7 Å². The molecule has 2 rings (SSSR count). The Hall–Kier alpha value is -4.25. The van der Waals surface area contributed by atoms with Crippen molar-refractivity contribution < 1.29 is 33.3 Å². The molecule has 0 saturated carbocycles. The normalized spacial score (nSPS) is 10.9. The summed E-state index contributed by atoms with van der Waals surface area (Å²) in [5, 5.41) is 9.21. The van der Waals surface area contributed by atoms with Crippen LogP contribution in [-0.4, -0.2) is 39.4 Å². The molecular formula is C25H25NO7. The number of hydrogen-bond donors (Lipinski definition) is 0. The van der Waals surface area contributed by atoms with Gasteiger partial charge in [0.2, 0.25) is 0 Å². The standard InChI is InChI=1S/C25H25NO7/c1-5-31-23-14-17(13-19(16-26)25(28)32-6-2)7-11-21(23)33-24(27)12-9-18-8-10-20(29-3)15-22(18)30-4/h7-15H,5-6H2,1-4H3. The van der Waals surface area contributed by atoms with Gasteiger partial charge in [-0.25, -0.2) is 9.59 Å². The predicted octanol–water partition coefficient (Wildman–Crippen LogP) is 4.19. The molecule has 33 heavy (non-hydrogen) atoms. The van der Waals surface area contributed by atoms with Gasteiger partial charge in [0.15, 0.2) is 11.5 Å². The lowest BCUT2D eigenvalue weighted by molar-refractivity contribution is -0.138. The van der Waals surface area contributed by atoms with Crippen molar-refractivity contribution in [3.05, 3.63) is 59.2 Å². The monoisotopic (exact) mass is 451 g/mol. The fraction of sp³-hybridized carbons (Fsp3) is 0.240. The minimum atomic E-state index is -0.715. The minimum absolute atomic E-state index is 0.152. The van der Waals surface area contributed by atoms with E-state index in [0.29, 0.717) is 29.2 Å². The van der Waals surface area contributed by atoms with Crippen molar-refractivity contribution in [2.45, 2.75) is 13.8 Å². The Balaban J connectivity index is 2.23. The van der Waals surface area contributed by atoms with Gasteiger partial charge >= 0.3 is 11.9 Å². The molecule has 2 aromatic rings. The first-order chi connectivity index (χ1) is 15.9. The molecule has 0 atom stereocenters. The minimum Gasteiger partial charge on any atom is -0.497 e. The maximum atomic E-state index is 12.4. The first-order valence-corrected chi connectivity index (χ1v) is 10.1. The molecule has 0 heterocycles. The summed E-state index contributed by atoms with van der Waals surface area (Å²) < 4.78 is 26.3. The first kappa shape index (κ1) is 25.0. The van der Waals surface area contributed by atoms with Gasteiger partial charge in [0.05, 0.1) is 27.4 Å². The molecule has 0 spiro atoms. The van der Waals surface area contributed by atoms with Crippen molar-refractivity contribution in [3.63, 3.8) is 0 Å². The summed E-state index contributed by atoms with van der Waals surface area (Å²) in [6.45, 7) is 3.91. The Bertz CT molecular complexity index is 1100. The maximum Gasteiger partial charge on any atom is 0.348 e. The van der Waals surface area contributed by atoms with Crippen LogP contribution in [0.2, 0.25) is 0 Å². The maximum absolute atomic E-state index is 12.4. The average Bonchev–Trinajstić information content (AvgIpc) is 2.82. The fourth-order valence-electron chi connectivity index (χ4n) is 2.74. The smallest absolute Gasteiger partial charge is 0.348 e. The highest BCUT2D eigenvalue weighted by Crippen LogP contribution is 2.30. The molecular weight excluding hydrogens is 426 g/mol. The summed E-state index contributed by atoms with van der Waals surface area (Å²) in [5.74, 6) is 0.314. The molecule has 0 radical (unpaired) electrons. The first-order valence-electron chi connectivity index (χ1n) is 10.1. The lowest BCUT2D eigenvalue weighted by Gasteiger charge is -2.11. The number of methoxy groups -OCH3 is 2. The SMILES string of the molecule is CCOC(=O)C(C#N)=Cc1ccc(OC(=O)C=Cc2ccc(OC)cc2OC)c(OCC)c1. The van der Waals surface area contributed by atoms with E-state index in [0.717, 1.165) is 0 Å². The van der Waals surface area contributed by atoms with Crippen LogP contribution in [0, 0.1) is 11.3 Å². The van der Waals surface area contributed by atoms with Crippen LogP contribution < -0.4 is 18.9 Å². The summed E-state index contributed by atoms with van der Waals surface area (Å²) in [7, 11) is 3.07. The van der Waals surface area contributed by atoms with Crippen molar-refractivity contribution in [1.82, 2.24) is 0 Å². The molecule has 0 aliphatic carbocycles. The lowest BCUT2D eigenvalue weighted by atomic mass is 10.1. The van der Waals surface area contributed by atoms with Crippen LogP contribution in [0.15, 0.2) is 48.0 Å². The zero-order valence-electron chi connectivity index (χ0n) is 18.9. The van der Waals surface area contributed by atoms with E-state index in [4.69, 9.17) is 23.7 Å². The molecule has 0 aliphatic heterocycles. The van der Waals surface area contributed by atoms with Gasteiger partial charge in [0, 0.05) is 17.7 Å².